The quantitative estimate of drug-likeness (QED) is 0.858. The van der Waals surface area contributed by atoms with Crippen LogP contribution in [0.1, 0.15) is 5.56 Å². The van der Waals surface area contributed by atoms with E-state index in [9.17, 15) is 5.11 Å². The third-order valence-electron chi connectivity index (χ3n) is 2.58. The van der Waals surface area contributed by atoms with Gasteiger partial charge in [0.15, 0.2) is 0 Å². The fraction of sp³-hybridized carbons (Fsp3) is 0.333. The molecule has 15 heavy (non-hydrogen) atoms. The maximum atomic E-state index is 9.29. The van der Waals surface area contributed by atoms with E-state index in [1.807, 2.05) is 23.9 Å². The molecule has 2 aromatic rings. The minimum absolute atomic E-state index is 0.112. The van der Waals surface area contributed by atoms with Crippen LogP contribution in [0, 0.1) is 0 Å². The molecule has 1 N–H and O–H groups in total. The zero-order chi connectivity index (χ0) is 10.7. The summed E-state index contributed by atoms with van der Waals surface area (Å²) in [6, 6.07) is 8.17. The summed E-state index contributed by atoms with van der Waals surface area (Å²) in [7, 11) is 0. The first-order chi connectivity index (χ1) is 7.36. The lowest BCUT2D eigenvalue weighted by Gasteiger charge is -2.07. The van der Waals surface area contributed by atoms with Crippen molar-refractivity contribution in [2.24, 2.45) is 0 Å². The number of hydrogen-bond acceptors (Lipinski definition) is 2. The molecular formula is C12H15NOS. The van der Waals surface area contributed by atoms with Gasteiger partial charge in [0.2, 0.25) is 0 Å². The SMILES string of the molecule is CSCCn1ccc2cccc(CO)c21. The molecule has 3 heteroatoms. The molecule has 0 aliphatic carbocycles. The summed E-state index contributed by atoms with van der Waals surface area (Å²) >= 11 is 1.84. The minimum atomic E-state index is 0.112. The van der Waals surface area contributed by atoms with Crippen molar-refractivity contribution in [2.75, 3.05) is 12.0 Å². The summed E-state index contributed by atoms with van der Waals surface area (Å²) in [5, 5.41) is 10.5. The van der Waals surface area contributed by atoms with Gasteiger partial charge in [0, 0.05) is 24.1 Å². The fourth-order valence-electron chi connectivity index (χ4n) is 1.84. The second kappa shape index (κ2) is 4.73. The van der Waals surface area contributed by atoms with E-state index >= 15 is 0 Å². The molecule has 2 rings (SSSR count). The monoisotopic (exact) mass is 221 g/mol. The summed E-state index contributed by atoms with van der Waals surface area (Å²) in [5.41, 5.74) is 2.19. The predicted molar refractivity (Wildman–Crippen MR) is 66.2 cm³/mol. The molecule has 0 amide bonds. The zero-order valence-corrected chi connectivity index (χ0v) is 9.63. The van der Waals surface area contributed by atoms with E-state index in [1.54, 1.807) is 0 Å². The maximum Gasteiger partial charge on any atom is 0.0702 e. The maximum absolute atomic E-state index is 9.29. The van der Waals surface area contributed by atoms with Crippen molar-refractivity contribution in [3.8, 4) is 0 Å². The summed E-state index contributed by atoms with van der Waals surface area (Å²) in [6.07, 6.45) is 4.21. The number of fused-ring (bicyclic) bond motifs is 1. The summed E-state index contributed by atoms with van der Waals surface area (Å²) in [4.78, 5) is 0. The first-order valence-electron chi connectivity index (χ1n) is 5.03. The number of aromatic nitrogens is 1. The molecule has 0 atom stereocenters. The van der Waals surface area contributed by atoms with Gasteiger partial charge in [-0.1, -0.05) is 18.2 Å². The lowest BCUT2D eigenvalue weighted by atomic mass is 10.1. The molecule has 1 aromatic carbocycles. The minimum Gasteiger partial charge on any atom is -0.392 e. The standard InChI is InChI=1S/C12H15NOS/c1-15-8-7-13-6-5-10-3-2-4-11(9-14)12(10)13/h2-6,14H,7-9H2,1H3. The van der Waals surface area contributed by atoms with Crippen LogP contribution in [0.3, 0.4) is 0 Å². The molecule has 80 valence electrons. The second-order valence-corrected chi connectivity index (χ2v) is 4.50. The first kappa shape index (κ1) is 10.6. The van der Waals surface area contributed by atoms with Crippen LogP contribution in [0.4, 0.5) is 0 Å². The van der Waals surface area contributed by atoms with Gasteiger partial charge < -0.3 is 9.67 Å². The smallest absolute Gasteiger partial charge is 0.0702 e. The normalized spacial score (nSPS) is 11.1. The van der Waals surface area contributed by atoms with Crippen LogP contribution in [-0.2, 0) is 13.2 Å². The molecule has 0 saturated carbocycles. The number of benzene rings is 1. The Morgan fingerprint density at radius 2 is 2.20 bits per heavy atom. The molecule has 0 saturated heterocycles. The van der Waals surface area contributed by atoms with E-state index < -0.39 is 0 Å². The molecule has 0 aliphatic rings. The van der Waals surface area contributed by atoms with Gasteiger partial charge in [0.05, 0.1) is 12.1 Å². The van der Waals surface area contributed by atoms with Crippen molar-refractivity contribution >= 4 is 22.7 Å². The first-order valence-corrected chi connectivity index (χ1v) is 6.42. The van der Waals surface area contributed by atoms with Gasteiger partial charge in [0.1, 0.15) is 0 Å². The zero-order valence-electron chi connectivity index (χ0n) is 8.81. The predicted octanol–water partition coefficient (Wildman–Crippen LogP) is 2.50. The molecule has 0 fully saturated rings. The van der Waals surface area contributed by atoms with Crippen molar-refractivity contribution < 1.29 is 5.11 Å². The van der Waals surface area contributed by atoms with Crippen molar-refractivity contribution in [2.45, 2.75) is 13.2 Å². The Balaban J connectivity index is 2.46. The van der Waals surface area contributed by atoms with E-state index in [0.717, 1.165) is 17.9 Å². The van der Waals surface area contributed by atoms with Crippen molar-refractivity contribution in [1.29, 1.82) is 0 Å². The van der Waals surface area contributed by atoms with Crippen LogP contribution >= 0.6 is 11.8 Å². The van der Waals surface area contributed by atoms with Crippen LogP contribution in [-0.4, -0.2) is 21.7 Å². The van der Waals surface area contributed by atoms with Gasteiger partial charge in [-0.15, -0.1) is 0 Å². The molecule has 0 aliphatic heterocycles. The largest absolute Gasteiger partial charge is 0.392 e. The highest BCUT2D eigenvalue weighted by atomic mass is 32.2. The Kier molecular flexibility index (Phi) is 3.34. The van der Waals surface area contributed by atoms with E-state index in [0.29, 0.717) is 0 Å². The number of aryl methyl sites for hydroxylation is 1. The van der Waals surface area contributed by atoms with Gasteiger partial charge >= 0.3 is 0 Å². The Hall–Kier alpha value is -0.930. The highest BCUT2D eigenvalue weighted by molar-refractivity contribution is 7.98. The molecule has 0 spiro atoms. The Labute approximate surface area is 93.9 Å². The number of aliphatic hydroxyl groups excluding tert-OH is 1. The number of rotatable bonds is 4. The van der Waals surface area contributed by atoms with Gasteiger partial charge in [0.25, 0.3) is 0 Å². The average molecular weight is 221 g/mol. The lowest BCUT2D eigenvalue weighted by Crippen LogP contribution is -2.00. The van der Waals surface area contributed by atoms with Crippen LogP contribution in [0.5, 0.6) is 0 Å². The molecule has 1 aromatic heterocycles. The highest BCUT2D eigenvalue weighted by Crippen LogP contribution is 2.20. The third-order valence-corrected chi connectivity index (χ3v) is 3.17. The highest BCUT2D eigenvalue weighted by Gasteiger charge is 2.04. The van der Waals surface area contributed by atoms with Gasteiger partial charge in [-0.25, -0.2) is 0 Å². The van der Waals surface area contributed by atoms with Crippen LogP contribution in [0.25, 0.3) is 10.9 Å². The van der Waals surface area contributed by atoms with Crippen LogP contribution < -0.4 is 0 Å². The van der Waals surface area contributed by atoms with Crippen LogP contribution in [0.2, 0.25) is 0 Å². The summed E-state index contributed by atoms with van der Waals surface area (Å²) < 4.78 is 2.22. The number of hydrogen-bond donors (Lipinski definition) is 1. The number of aliphatic hydroxyl groups is 1. The molecule has 1 heterocycles. The van der Waals surface area contributed by atoms with Gasteiger partial charge in [-0.3, -0.25) is 0 Å². The lowest BCUT2D eigenvalue weighted by molar-refractivity contribution is 0.283. The summed E-state index contributed by atoms with van der Waals surface area (Å²) in [6.45, 7) is 1.11. The molecule has 0 bridgehead atoms. The molecule has 0 unspecified atom stereocenters. The summed E-state index contributed by atoms with van der Waals surface area (Å²) in [5.74, 6) is 1.10. The van der Waals surface area contributed by atoms with Crippen molar-refractivity contribution in [3.05, 3.63) is 36.0 Å². The number of nitrogens with zero attached hydrogens (tertiary/aromatic N) is 1. The average Bonchev–Trinajstić information content (AvgIpc) is 2.69. The Bertz CT molecular complexity index is 450. The van der Waals surface area contributed by atoms with E-state index in [4.69, 9.17) is 0 Å². The Morgan fingerprint density at radius 3 is 2.93 bits per heavy atom. The van der Waals surface area contributed by atoms with E-state index in [-0.39, 0.29) is 6.61 Å². The number of para-hydroxylation sites is 1. The van der Waals surface area contributed by atoms with E-state index in [2.05, 4.69) is 29.2 Å². The second-order valence-electron chi connectivity index (χ2n) is 3.52. The van der Waals surface area contributed by atoms with E-state index in [1.165, 1.54) is 10.9 Å². The fourth-order valence-corrected chi connectivity index (χ4v) is 2.22. The Morgan fingerprint density at radius 1 is 1.33 bits per heavy atom. The number of thioether (sulfide) groups is 1. The van der Waals surface area contributed by atoms with Crippen molar-refractivity contribution in [1.82, 2.24) is 4.57 Å². The van der Waals surface area contributed by atoms with Gasteiger partial charge in [-0.2, -0.15) is 11.8 Å². The van der Waals surface area contributed by atoms with Crippen LogP contribution in [0.15, 0.2) is 30.5 Å². The van der Waals surface area contributed by atoms with Gasteiger partial charge in [-0.05, 0) is 17.7 Å². The van der Waals surface area contributed by atoms with Crippen molar-refractivity contribution in [3.63, 3.8) is 0 Å². The third kappa shape index (κ3) is 2.03. The molecular weight excluding hydrogens is 206 g/mol. The topological polar surface area (TPSA) is 25.2 Å². The molecule has 0 radical (unpaired) electrons. The molecule has 2 nitrogen and oxygen atoms in total.